The van der Waals surface area contributed by atoms with E-state index in [9.17, 15) is 4.79 Å². The minimum atomic E-state index is 0.0272. The van der Waals surface area contributed by atoms with Crippen molar-refractivity contribution in [3.8, 4) is 11.4 Å². The fraction of sp³-hybridized carbons (Fsp3) is 0.364. The number of nitrogens with zero attached hydrogens (tertiary/aromatic N) is 6. The highest BCUT2D eigenvalue weighted by molar-refractivity contribution is 5.76. The third kappa shape index (κ3) is 3.99. The molecule has 7 nitrogen and oxygen atoms in total. The molecule has 0 bridgehead atoms. The molecule has 29 heavy (non-hydrogen) atoms. The summed E-state index contributed by atoms with van der Waals surface area (Å²) < 4.78 is 0. The topological polar surface area (TPSA) is 67.2 Å². The second kappa shape index (κ2) is 8.03. The maximum Gasteiger partial charge on any atom is 0.246 e. The van der Waals surface area contributed by atoms with Crippen LogP contribution in [0.4, 0.5) is 5.69 Å². The van der Waals surface area contributed by atoms with E-state index in [0.717, 1.165) is 24.2 Å². The van der Waals surface area contributed by atoms with Crippen molar-refractivity contribution < 1.29 is 4.79 Å². The van der Waals surface area contributed by atoms with Crippen molar-refractivity contribution in [1.82, 2.24) is 25.1 Å². The van der Waals surface area contributed by atoms with Crippen LogP contribution in [0.3, 0.4) is 0 Å². The molecule has 0 unspecified atom stereocenters. The molecule has 0 N–H and O–H groups in total. The van der Waals surface area contributed by atoms with Crippen molar-refractivity contribution in [3.05, 3.63) is 59.2 Å². The van der Waals surface area contributed by atoms with Gasteiger partial charge in [-0.1, -0.05) is 36.4 Å². The maximum atomic E-state index is 12.7. The summed E-state index contributed by atoms with van der Waals surface area (Å²) in [5.41, 5.74) is 5.89. The smallest absolute Gasteiger partial charge is 0.246 e. The van der Waals surface area contributed by atoms with E-state index in [4.69, 9.17) is 0 Å². The van der Waals surface area contributed by atoms with Crippen molar-refractivity contribution in [1.29, 1.82) is 0 Å². The van der Waals surface area contributed by atoms with Gasteiger partial charge in [-0.15, -0.1) is 10.2 Å². The highest BCUT2D eigenvalue weighted by Gasteiger charge is 2.23. The Labute approximate surface area is 170 Å². The molecule has 1 fully saturated rings. The van der Waals surface area contributed by atoms with Gasteiger partial charge in [0.15, 0.2) is 0 Å². The molecule has 1 saturated heterocycles. The highest BCUT2D eigenvalue weighted by atomic mass is 16.2. The second-order valence-corrected chi connectivity index (χ2v) is 7.55. The van der Waals surface area contributed by atoms with Gasteiger partial charge in [0.25, 0.3) is 0 Å². The van der Waals surface area contributed by atoms with Gasteiger partial charge in [-0.25, -0.2) is 0 Å². The van der Waals surface area contributed by atoms with E-state index in [2.05, 4.69) is 52.4 Å². The Hall–Kier alpha value is -3.22. The number of carbonyl (C=O) groups excluding carboxylic acids is 1. The average Bonchev–Trinajstić information content (AvgIpc) is 3.19. The van der Waals surface area contributed by atoms with Crippen molar-refractivity contribution >= 4 is 11.6 Å². The summed E-state index contributed by atoms with van der Waals surface area (Å²) in [5.74, 6) is 0.579. The molecule has 1 aliphatic rings. The molecular weight excluding hydrogens is 364 g/mol. The summed E-state index contributed by atoms with van der Waals surface area (Å²) >= 11 is 0. The molecule has 0 radical (unpaired) electrons. The lowest BCUT2D eigenvalue weighted by Gasteiger charge is -2.37. The number of tetrazole rings is 1. The Bertz CT molecular complexity index is 1020. The number of piperazine rings is 1. The first-order valence-electron chi connectivity index (χ1n) is 9.95. The van der Waals surface area contributed by atoms with Crippen LogP contribution < -0.4 is 4.90 Å². The number of benzene rings is 2. The Morgan fingerprint density at radius 2 is 1.66 bits per heavy atom. The molecule has 1 aromatic heterocycles. The maximum absolute atomic E-state index is 12.7. The number of hydrogen-bond donors (Lipinski definition) is 0. The van der Waals surface area contributed by atoms with Gasteiger partial charge < -0.3 is 9.80 Å². The molecule has 7 heteroatoms. The number of amides is 1. The van der Waals surface area contributed by atoms with Crippen LogP contribution in [0.5, 0.6) is 0 Å². The molecule has 4 rings (SSSR count). The van der Waals surface area contributed by atoms with E-state index in [1.54, 1.807) is 0 Å². The standard InChI is InChI=1S/C22H26N6O/c1-16-8-6-10-20(18(16)3)26-11-13-27(14-12-26)21(29)15-28-24-22(23-25-28)19-9-5-4-7-17(19)2/h4-10H,11-15H2,1-3H3. The zero-order valence-corrected chi connectivity index (χ0v) is 17.2. The van der Waals surface area contributed by atoms with E-state index in [0.29, 0.717) is 18.9 Å². The quantitative estimate of drug-likeness (QED) is 0.685. The number of anilines is 1. The molecule has 0 atom stereocenters. The highest BCUT2D eigenvalue weighted by Crippen LogP contribution is 2.24. The zero-order valence-electron chi connectivity index (χ0n) is 17.2. The second-order valence-electron chi connectivity index (χ2n) is 7.55. The van der Waals surface area contributed by atoms with Gasteiger partial charge in [0.2, 0.25) is 11.7 Å². The predicted octanol–water partition coefficient (Wildman–Crippen LogP) is 2.61. The van der Waals surface area contributed by atoms with E-state index in [1.165, 1.54) is 21.6 Å². The van der Waals surface area contributed by atoms with Gasteiger partial charge in [-0.3, -0.25) is 4.79 Å². The average molecular weight is 390 g/mol. The van der Waals surface area contributed by atoms with Crippen LogP contribution in [-0.2, 0) is 11.3 Å². The Morgan fingerprint density at radius 3 is 2.41 bits per heavy atom. The molecule has 0 aliphatic carbocycles. The zero-order chi connectivity index (χ0) is 20.4. The van der Waals surface area contributed by atoms with E-state index in [-0.39, 0.29) is 12.5 Å². The van der Waals surface area contributed by atoms with Crippen LogP contribution in [-0.4, -0.2) is 57.2 Å². The Kier molecular flexibility index (Phi) is 5.29. The fourth-order valence-electron chi connectivity index (χ4n) is 3.74. The van der Waals surface area contributed by atoms with Crippen molar-refractivity contribution in [3.63, 3.8) is 0 Å². The normalized spacial score (nSPS) is 14.3. The van der Waals surface area contributed by atoms with Crippen LogP contribution in [0, 0.1) is 20.8 Å². The SMILES string of the molecule is Cc1ccccc1-c1nnn(CC(=O)N2CCN(c3cccc(C)c3C)CC2)n1. The summed E-state index contributed by atoms with van der Waals surface area (Å²) in [6.07, 6.45) is 0. The molecule has 150 valence electrons. The molecular formula is C22H26N6O. The Morgan fingerprint density at radius 1 is 0.931 bits per heavy atom. The van der Waals surface area contributed by atoms with Gasteiger partial charge in [-0.05, 0) is 48.7 Å². The summed E-state index contributed by atoms with van der Waals surface area (Å²) in [5, 5.41) is 12.6. The lowest BCUT2D eigenvalue weighted by atomic mass is 10.1. The largest absolute Gasteiger partial charge is 0.368 e. The van der Waals surface area contributed by atoms with E-state index < -0.39 is 0 Å². The first-order chi connectivity index (χ1) is 14.0. The predicted molar refractivity (Wildman–Crippen MR) is 113 cm³/mol. The molecule has 0 saturated carbocycles. The van der Waals surface area contributed by atoms with Gasteiger partial charge in [0, 0.05) is 37.4 Å². The molecule has 1 aliphatic heterocycles. The van der Waals surface area contributed by atoms with Crippen LogP contribution in [0.15, 0.2) is 42.5 Å². The molecule has 2 aromatic carbocycles. The molecule has 2 heterocycles. The molecule has 0 spiro atoms. The third-order valence-electron chi connectivity index (χ3n) is 5.66. The summed E-state index contributed by atoms with van der Waals surface area (Å²) in [6.45, 7) is 9.47. The molecule has 3 aromatic rings. The van der Waals surface area contributed by atoms with Crippen LogP contribution >= 0.6 is 0 Å². The van der Waals surface area contributed by atoms with Crippen LogP contribution in [0.1, 0.15) is 16.7 Å². The monoisotopic (exact) mass is 390 g/mol. The fourth-order valence-corrected chi connectivity index (χ4v) is 3.74. The van der Waals surface area contributed by atoms with Crippen LogP contribution in [0.25, 0.3) is 11.4 Å². The minimum absolute atomic E-state index is 0.0272. The van der Waals surface area contributed by atoms with Crippen molar-refractivity contribution in [2.75, 3.05) is 31.1 Å². The van der Waals surface area contributed by atoms with Gasteiger partial charge in [0.05, 0.1) is 0 Å². The Balaban J connectivity index is 1.37. The first kappa shape index (κ1) is 19.1. The summed E-state index contributed by atoms with van der Waals surface area (Å²) in [7, 11) is 0. The molecule has 1 amide bonds. The van der Waals surface area contributed by atoms with E-state index in [1.807, 2.05) is 36.1 Å². The van der Waals surface area contributed by atoms with Crippen molar-refractivity contribution in [2.24, 2.45) is 0 Å². The van der Waals surface area contributed by atoms with Gasteiger partial charge in [-0.2, -0.15) is 4.80 Å². The van der Waals surface area contributed by atoms with Crippen LogP contribution in [0.2, 0.25) is 0 Å². The number of aryl methyl sites for hydroxylation is 2. The number of hydrogen-bond acceptors (Lipinski definition) is 5. The minimum Gasteiger partial charge on any atom is -0.368 e. The number of rotatable bonds is 4. The van der Waals surface area contributed by atoms with Gasteiger partial charge >= 0.3 is 0 Å². The number of carbonyl (C=O) groups is 1. The third-order valence-corrected chi connectivity index (χ3v) is 5.66. The lowest BCUT2D eigenvalue weighted by Crippen LogP contribution is -2.50. The first-order valence-corrected chi connectivity index (χ1v) is 9.95. The number of aromatic nitrogens is 4. The summed E-state index contributed by atoms with van der Waals surface area (Å²) in [4.78, 5) is 18.4. The van der Waals surface area contributed by atoms with Crippen molar-refractivity contribution in [2.45, 2.75) is 27.3 Å². The summed E-state index contributed by atoms with van der Waals surface area (Å²) in [6, 6.07) is 14.3. The lowest BCUT2D eigenvalue weighted by molar-refractivity contribution is -0.132. The van der Waals surface area contributed by atoms with E-state index >= 15 is 0 Å². The van der Waals surface area contributed by atoms with Gasteiger partial charge in [0.1, 0.15) is 6.54 Å².